The molecule has 1 aromatic heterocycles. The summed E-state index contributed by atoms with van der Waals surface area (Å²) < 4.78 is 4.46. The zero-order valence-corrected chi connectivity index (χ0v) is 8.47. The number of rotatable bonds is 2. The van der Waals surface area contributed by atoms with Crippen LogP contribution in [0.25, 0.3) is 0 Å². The minimum Gasteiger partial charge on any atom is -0.478 e. The minimum atomic E-state index is -1.13. The molecule has 0 spiro atoms. The van der Waals surface area contributed by atoms with Crippen LogP contribution in [0.15, 0.2) is 0 Å². The number of carbonyl (C=O) groups is 2. The highest BCUT2D eigenvalue weighted by molar-refractivity contribution is 7.15. The van der Waals surface area contributed by atoms with E-state index in [1.54, 1.807) is 6.92 Å². The molecule has 0 aromatic carbocycles. The Morgan fingerprint density at radius 3 is 2.43 bits per heavy atom. The molecule has 0 amide bonds. The van der Waals surface area contributed by atoms with Crippen molar-refractivity contribution < 1.29 is 19.4 Å². The fourth-order valence-electron chi connectivity index (χ4n) is 1.07. The molecule has 5 nitrogen and oxygen atoms in total. The fraction of sp³-hybridized carbons (Fsp3) is 0.250. The van der Waals surface area contributed by atoms with Crippen LogP contribution in [0.3, 0.4) is 0 Å². The van der Waals surface area contributed by atoms with Crippen molar-refractivity contribution in [1.82, 2.24) is 0 Å². The first-order valence-corrected chi connectivity index (χ1v) is 4.51. The van der Waals surface area contributed by atoms with Crippen LogP contribution in [-0.2, 0) is 4.74 Å². The number of carboxylic acid groups (broad SMARTS) is 1. The van der Waals surface area contributed by atoms with Crippen molar-refractivity contribution in [2.75, 3.05) is 12.8 Å². The maximum Gasteiger partial charge on any atom is 0.350 e. The van der Waals surface area contributed by atoms with Crippen LogP contribution < -0.4 is 5.73 Å². The van der Waals surface area contributed by atoms with E-state index in [4.69, 9.17) is 10.8 Å². The lowest BCUT2D eigenvalue weighted by atomic mass is 10.2. The summed E-state index contributed by atoms with van der Waals surface area (Å²) in [6.45, 7) is 1.59. The van der Waals surface area contributed by atoms with E-state index in [2.05, 4.69) is 4.74 Å². The molecule has 1 heterocycles. The number of nitrogen functional groups attached to an aromatic ring is 1. The highest BCUT2D eigenvalue weighted by Crippen LogP contribution is 2.30. The molecule has 0 saturated carbocycles. The lowest BCUT2D eigenvalue weighted by Gasteiger charge is -1.96. The normalized spacial score (nSPS) is 9.86. The summed E-state index contributed by atoms with van der Waals surface area (Å²) in [5, 5.41) is 8.79. The van der Waals surface area contributed by atoms with E-state index in [-0.39, 0.29) is 16.1 Å². The Labute approximate surface area is 84.1 Å². The number of nitrogens with two attached hydrogens (primary N) is 1. The highest BCUT2D eigenvalue weighted by Gasteiger charge is 2.23. The lowest BCUT2D eigenvalue weighted by Crippen LogP contribution is -2.05. The van der Waals surface area contributed by atoms with Crippen molar-refractivity contribution in [2.24, 2.45) is 0 Å². The van der Waals surface area contributed by atoms with E-state index in [0.717, 1.165) is 11.3 Å². The molecule has 3 N–H and O–H groups in total. The summed E-state index contributed by atoms with van der Waals surface area (Å²) in [6, 6.07) is 0. The fourth-order valence-corrected chi connectivity index (χ4v) is 2.06. The van der Waals surface area contributed by atoms with Crippen molar-refractivity contribution in [2.45, 2.75) is 6.92 Å². The molecule has 0 aliphatic rings. The predicted molar refractivity (Wildman–Crippen MR) is 51.8 cm³/mol. The molecule has 14 heavy (non-hydrogen) atoms. The summed E-state index contributed by atoms with van der Waals surface area (Å²) in [5.41, 5.74) is 5.47. The average molecular weight is 215 g/mol. The average Bonchev–Trinajstić information content (AvgIpc) is 2.40. The molecular formula is C8H9NO4S. The molecule has 6 heteroatoms. The highest BCUT2D eigenvalue weighted by atomic mass is 32.1. The number of ether oxygens (including phenoxy) is 1. The molecule has 76 valence electrons. The van der Waals surface area contributed by atoms with Crippen LogP contribution in [0, 0.1) is 6.92 Å². The maximum atomic E-state index is 11.1. The zero-order chi connectivity index (χ0) is 10.9. The number of carboxylic acids is 1. The molecular weight excluding hydrogens is 206 g/mol. The Balaban J connectivity index is 3.30. The third kappa shape index (κ3) is 1.56. The van der Waals surface area contributed by atoms with Gasteiger partial charge in [0.05, 0.1) is 18.4 Å². The van der Waals surface area contributed by atoms with Gasteiger partial charge in [-0.15, -0.1) is 11.3 Å². The number of methoxy groups -OCH3 is 1. The van der Waals surface area contributed by atoms with Gasteiger partial charge in [-0.2, -0.15) is 0 Å². The molecule has 1 rings (SSSR count). The van der Waals surface area contributed by atoms with Crippen molar-refractivity contribution in [3.63, 3.8) is 0 Å². The van der Waals surface area contributed by atoms with Gasteiger partial charge < -0.3 is 15.6 Å². The second kappa shape index (κ2) is 3.67. The van der Waals surface area contributed by atoms with Crippen molar-refractivity contribution >= 4 is 29.0 Å². The Bertz CT molecular complexity index is 396. The van der Waals surface area contributed by atoms with E-state index < -0.39 is 11.9 Å². The van der Waals surface area contributed by atoms with Gasteiger partial charge in [0.1, 0.15) is 4.88 Å². The number of hydrogen-bond donors (Lipinski definition) is 2. The molecule has 0 aliphatic heterocycles. The van der Waals surface area contributed by atoms with Gasteiger partial charge >= 0.3 is 11.9 Å². The molecule has 0 saturated heterocycles. The second-order valence-electron chi connectivity index (χ2n) is 2.57. The third-order valence-electron chi connectivity index (χ3n) is 1.71. The van der Waals surface area contributed by atoms with Crippen LogP contribution >= 0.6 is 11.3 Å². The Hall–Kier alpha value is -1.56. The largest absolute Gasteiger partial charge is 0.478 e. The van der Waals surface area contributed by atoms with Crippen molar-refractivity contribution in [1.29, 1.82) is 0 Å². The molecule has 0 fully saturated rings. The maximum absolute atomic E-state index is 11.1. The van der Waals surface area contributed by atoms with Crippen LogP contribution in [0.1, 0.15) is 24.9 Å². The van der Waals surface area contributed by atoms with Gasteiger partial charge in [-0.25, -0.2) is 9.59 Å². The van der Waals surface area contributed by atoms with Crippen LogP contribution in [0.5, 0.6) is 0 Å². The number of aromatic carboxylic acids is 1. The number of esters is 1. The Morgan fingerprint density at radius 1 is 1.50 bits per heavy atom. The van der Waals surface area contributed by atoms with Crippen LogP contribution in [-0.4, -0.2) is 24.2 Å². The minimum absolute atomic E-state index is 0.0181. The topological polar surface area (TPSA) is 89.6 Å². The number of thiophene rings is 1. The van der Waals surface area contributed by atoms with Crippen LogP contribution in [0.2, 0.25) is 0 Å². The molecule has 0 bridgehead atoms. The second-order valence-corrected chi connectivity index (χ2v) is 3.80. The van der Waals surface area contributed by atoms with E-state index in [9.17, 15) is 9.59 Å². The summed E-state index contributed by atoms with van der Waals surface area (Å²) in [4.78, 5) is 22.5. The summed E-state index contributed by atoms with van der Waals surface area (Å²) in [6.07, 6.45) is 0. The summed E-state index contributed by atoms with van der Waals surface area (Å²) >= 11 is 1.02. The number of aryl methyl sites for hydroxylation is 1. The van der Waals surface area contributed by atoms with Gasteiger partial charge in [0, 0.05) is 4.88 Å². The van der Waals surface area contributed by atoms with E-state index in [1.807, 2.05) is 0 Å². The molecule has 0 unspecified atom stereocenters. The van der Waals surface area contributed by atoms with Gasteiger partial charge in [0.15, 0.2) is 0 Å². The van der Waals surface area contributed by atoms with Crippen molar-refractivity contribution in [3.8, 4) is 0 Å². The molecule has 0 aliphatic carbocycles. The van der Waals surface area contributed by atoms with E-state index >= 15 is 0 Å². The van der Waals surface area contributed by atoms with Crippen molar-refractivity contribution in [3.05, 3.63) is 15.3 Å². The standard InChI is InChI=1S/C8H9NO4S/c1-3-4(7(10)11)5(9)6(14-3)8(12)13-2/h9H2,1-2H3,(H,10,11). The Morgan fingerprint density at radius 2 is 2.07 bits per heavy atom. The number of carbonyl (C=O) groups excluding carboxylic acids is 1. The van der Waals surface area contributed by atoms with Gasteiger partial charge in [-0.05, 0) is 6.92 Å². The summed E-state index contributed by atoms with van der Waals surface area (Å²) in [5.74, 6) is -1.74. The van der Waals surface area contributed by atoms with E-state index in [1.165, 1.54) is 7.11 Å². The monoisotopic (exact) mass is 215 g/mol. The molecule has 0 radical (unpaired) electrons. The third-order valence-corrected chi connectivity index (χ3v) is 2.81. The SMILES string of the molecule is COC(=O)c1sc(C)c(C(=O)O)c1N. The first-order valence-electron chi connectivity index (χ1n) is 3.69. The molecule has 0 atom stereocenters. The zero-order valence-electron chi connectivity index (χ0n) is 7.66. The first kappa shape index (κ1) is 10.5. The quantitative estimate of drug-likeness (QED) is 0.721. The molecule has 1 aromatic rings. The predicted octanol–water partition coefficient (Wildman–Crippen LogP) is 1.12. The lowest BCUT2D eigenvalue weighted by molar-refractivity contribution is 0.0607. The van der Waals surface area contributed by atoms with E-state index in [0.29, 0.717) is 4.88 Å². The van der Waals surface area contributed by atoms with Gasteiger partial charge in [-0.1, -0.05) is 0 Å². The van der Waals surface area contributed by atoms with Gasteiger partial charge in [-0.3, -0.25) is 0 Å². The van der Waals surface area contributed by atoms with Crippen LogP contribution in [0.4, 0.5) is 5.69 Å². The first-order chi connectivity index (χ1) is 6.49. The number of anilines is 1. The summed E-state index contributed by atoms with van der Waals surface area (Å²) in [7, 11) is 1.22. The van der Waals surface area contributed by atoms with Gasteiger partial charge in [0.2, 0.25) is 0 Å². The van der Waals surface area contributed by atoms with Gasteiger partial charge in [0.25, 0.3) is 0 Å². The smallest absolute Gasteiger partial charge is 0.350 e. The number of hydrogen-bond acceptors (Lipinski definition) is 5. The Kier molecular flexibility index (Phi) is 2.76.